The standard InChI is InChI=1S/C66H80B37N/c67-10-4-16(12(69)1-7(10)19-24-27(46(83)58(95)55(92)43(24)80)30-33(38(19)75)52(89)64(101)61(98)49(30)86)104(17-5-11(68)8(2-13(17)70)20-25-28(47(84)59(96)56(93)44(25)81)31-34(39(20)76)53(90)65(102)62(99)50(31)87)18-6-15(72)23(42(79)37(18)74)22-14(71)3-9(36(73)41(22)78)21-26-29(48(85)60(97)57(94)45(26)82)32-35(40(21)77)54(91)66(103)63(100)51(32)88/h1-6H,67-103H2. The van der Waals surface area contributed by atoms with E-state index in [0.29, 0.717) is 0 Å². The highest BCUT2D eigenvalue weighted by atomic mass is 15.1. The predicted molar refractivity (Wildman–Crippen MR) is 590 cm³/mol. The van der Waals surface area contributed by atoms with Gasteiger partial charge in [-0.25, -0.2) is 0 Å². The first kappa shape index (κ1) is 75.8. The maximum Gasteiger partial charge on any atom is 0.142 e. The van der Waals surface area contributed by atoms with E-state index < -0.39 is 0 Å². The molecule has 0 unspecified atom stereocenters. The Balaban J connectivity index is 1.10. The fraction of sp³-hybridized carbons (Fsp3) is 0. The minimum Gasteiger partial charge on any atom is -0.312 e. The minimum atomic E-state index is 1.21. The van der Waals surface area contributed by atoms with Gasteiger partial charge < -0.3 is 4.90 Å². The van der Waals surface area contributed by atoms with Crippen LogP contribution in [0, 0.1) is 0 Å². The average molecular weight is 1290 g/mol. The molecule has 104 heavy (non-hydrogen) atoms. The Bertz CT molecular complexity index is 6040. The minimum absolute atomic E-state index is 1.21. The second-order valence-corrected chi connectivity index (χ2v) is 33.4. The molecule has 13 aromatic carbocycles. The summed E-state index contributed by atoms with van der Waals surface area (Å²) in [6.07, 6.45) is 0. The van der Waals surface area contributed by atoms with Gasteiger partial charge in [0.25, 0.3) is 0 Å². The van der Waals surface area contributed by atoms with Crippen molar-refractivity contribution in [2.75, 3.05) is 4.90 Å². The summed E-state index contributed by atoms with van der Waals surface area (Å²) in [6, 6.07) is 15.4. The van der Waals surface area contributed by atoms with Gasteiger partial charge in [-0.15, -0.1) is 65.6 Å². The molecule has 0 N–H and O–H groups in total. The van der Waals surface area contributed by atoms with E-state index in [-0.39, 0.29) is 0 Å². The SMILES string of the molecule is Bc1cc(N(c2cc(B)c(-c3c(B)c4c(B)c(B)c(B)c(B)c4c4c(B)c(B)c(B)c(B)c34)cc2B)c2cc(B)c(-c3c(B)cc(-c4c(B)c5c(B)c(B)c(B)c(B)c5c5c(B)c(B)c(B)c(B)c45)c(B)c3B)c(B)c2B)c(B)cc1-c1c(B)c2c(B)c(B)c(B)c(B)c2c2c(B)c(B)c(B)c(B)c12. The van der Waals surface area contributed by atoms with E-state index in [9.17, 15) is 0 Å². The van der Waals surface area contributed by atoms with Crippen LogP contribution in [0.25, 0.3) is 109 Å². The van der Waals surface area contributed by atoms with Crippen molar-refractivity contribution in [1.29, 1.82) is 0 Å². The molecule has 0 bridgehead atoms. The zero-order valence-electron chi connectivity index (χ0n) is 70.9. The van der Waals surface area contributed by atoms with E-state index in [1.807, 2.05) is 0 Å². The van der Waals surface area contributed by atoms with Gasteiger partial charge in [-0.1, -0.05) is 155 Å². The van der Waals surface area contributed by atoms with Crippen LogP contribution >= 0.6 is 0 Å². The van der Waals surface area contributed by atoms with E-state index in [1.54, 1.807) is 0 Å². The molecule has 0 aliphatic carbocycles. The van der Waals surface area contributed by atoms with E-state index in [2.05, 4.69) is 332 Å². The van der Waals surface area contributed by atoms with Gasteiger partial charge in [0.05, 0.1) is 0 Å². The first-order valence-electron chi connectivity index (χ1n) is 38.6. The van der Waals surface area contributed by atoms with Gasteiger partial charge in [-0.05, 0) is 127 Å². The molecule has 0 heterocycles. The third kappa shape index (κ3) is 10.5. The molecular formula is C66H80B37N. The van der Waals surface area contributed by atoms with Crippen LogP contribution < -0.4 is 207 Å². The maximum absolute atomic E-state index is 2.68. The lowest BCUT2D eigenvalue weighted by atomic mass is 9.57. The normalized spacial score (nSPS) is 11.7. The van der Waals surface area contributed by atoms with E-state index in [1.165, 1.54) is 328 Å². The molecule has 0 amide bonds. The van der Waals surface area contributed by atoms with Gasteiger partial charge in [-0.3, -0.25) is 0 Å². The van der Waals surface area contributed by atoms with Crippen LogP contribution in [0.1, 0.15) is 0 Å². The van der Waals surface area contributed by atoms with Crippen LogP contribution in [-0.2, 0) is 0 Å². The van der Waals surface area contributed by atoms with Crippen LogP contribution in [-0.4, -0.2) is 290 Å². The summed E-state index contributed by atoms with van der Waals surface area (Å²) in [6.45, 7) is 0. The lowest BCUT2D eigenvalue weighted by molar-refractivity contribution is 1.33. The van der Waals surface area contributed by atoms with Crippen molar-refractivity contribution in [2.45, 2.75) is 0 Å². The van der Waals surface area contributed by atoms with Crippen molar-refractivity contribution >= 4 is 574 Å². The molecule has 38 heteroatoms. The second-order valence-electron chi connectivity index (χ2n) is 33.4. The van der Waals surface area contributed by atoms with Gasteiger partial charge in [-0.2, -0.15) is 0 Å². The molecule has 0 saturated heterocycles. The number of hydrogen-bond donors (Lipinski definition) is 0. The number of hydrogen-bond acceptors (Lipinski definition) is 1. The first-order valence-corrected chi connectivity index (χ1v) is 38.6. The summed E-state index contributed by atoms with van der Waals surface area (Å²) in [7, 11) is 87.9. The number of nitrogens with zero attached hydrogens (tertiary/aromatic N) is 1. The highest BCUT2D eigenvalue weighted by molar-refractivity contribution is 6.79. The van der Waals surface area contributed by atoms with Crippen LogP contribution in [0.5, 0.6) is 0 Å². The molecule has 0 saturated carbocycles. The molecule has 13 rings (SSSR count). The summed E-state index contributed by atoms with van der Waals surface area (Å²) in [5, 5.41) is 17.0. The topological polar surface area (TPSA) is 3.24 Å². The molecular weight excluding hydrogens is 1210 g/mol. The van der Waals surface area contributed by atoms with Crippen molar-refractivity contribution in [2.24, 2.45) is 0 Å². The monoisotopic (exact) mass is 1290 g/mol. The molecule has 460 valence electrons. The quantitative estimate of drug-likeness (QED) is 0.114. The Morgan fingerprint density at radius 3 is 0.606 bits per heavy atom. The zero-order valence-corrected chi connectivity index (χ0v) is 70.9. The Hall–Kier alpha value is -6.38. The molecule has 0 spiro atoms. The third-order valence-electron chi connectivity index (χ3n) is 28.9. The molecule has 0 aliphatic rings. The number of rotatable bonds is 7. The Morgan fingerprint density at radius 2 is 0.327 bits per heavy atom. The molecule has 13 aromatic rings. The summed E-state index contributed by atoms with van der Waals surface area (Å²) in [5.41, 5.74) is 65.0. The van der Waals surface area contributed by atoms with Crippen LogP contribution in [0.2, 0.25) is 0 Å². The average Bonchev–Trinajstić information content (AvgIpc) is 0.715. The molecule has 0 atom stereocenters. The van der Waals surface area contributed by atoms with Crippen molar-refractivity contribution in [3.63, 3.8) is 0 Å². The fourth-order valence-corrected chi connectivity index (χ4v) is 20.5. The number of fused-ring (bicyclic) bond motifs is 9. The smallest absolute Gasteiger partial charge is 0.142 e. The van der Waals surface area contributed by atoms with Gasteiger partial charge >= 0.3 is 0 Å². The van der Waals surface area contributed by atoms with Crippen molar-refractivity contribution in [3.8, 4) is 44.5 Å². The largest absolute Gasteiger partial charge is 0.312 e. The lowest BCUT2D eigenvalue weighted by Crippen LogP contribution is -2.52. The lowest BCUT2D eigenvalue weighted by Gasteiger charge is -2.35. The number of anilines is 3. The highest BCUT2D eigenvalue weighted by Crippen LogP contribution is 2.37. The van der Waals surface area contributed by atoms with Gasteiger partial charge in [0.1, 0.15) is 290 Å². The van der Waals surface area contributed by atoms with Crippen LogP contribution in [0.15, 0.2) is 36.4 Å². The van der Waals surface area contributed by atoms with Crippen LogP contribution in [0.4, 0.5) is 17.1 Å². The zero-order chi connectivity index (χ0) is 76.5. The fourth-order valence-electron chi connectivity index (χ4n) is 20.5. The van der Waals surface area contributed by atoms with Crippen molar-refractivity contribution < 1.29 is 0 Å². The summed E-state index contributed by atoms with van der Waals surface area (Å²) in [4.78, 5) is 2.68. The second kappa shape index (κ2) is 26.5. The molecule has 0 aliphatic heterocycles. The number of benzene rings is 13. The molecule has 0 fully saturated rings. The Morgan fingerprint density at radius 1 is 0.125 bits per heavy atom. The Kier molecular flexibility index (Phi) is 19.3. The van der Waals surface area contributed by atoms with Crippen LogP contribution in [0.3, 0.4) is 0 Å². The van der Waals surface area contributed by atoms with Gasteiger partial charge in [0.15, 0.2) is 0 Å². The molecule has 1 nitrogen and oxygen atoms in total. The van der Waals surface area contributed by atoms with Gasteiger partial charge in [0, 0.05) is 17.1 Å². The maximum atomic E-state index is 2.68. The molecule has 0 aromatic heterocycles. The Labute approximate surface area is 654 Å². The first-order chi connectivity index (χ1) is 48.6. The van der Waals surface area contributed by atoms with Crippen molar-refractivity contribution in [3.05, 3.63) is 36.4 Å². The van der Waals surface area contributed by atoms with Gasteiger partial charge in [0.2, 0.25) is 0 Å². The van der Waals surface area contributed by atoms with E-state index >= 15 is 0 Å². The molecule has 0 radical (unpaired) electrons. The summed E-state index contributed by atoms with van der Waals surface area (Å²) >= 11 is 0. The predicted octanol–water partition coefficient (Wildman–Crippen LogP) is -45.7. The third-order valence-corrected chi connectivity index (χ3v) is 28.9. The summed E-state index contributed by atoms with van der Waals surface area (Å²) in [5.74, 6) is 0. The van der Waals surface area contributed by atoms with E-state index in [4.69, 9.17) is 0 Å². The summed E-state index contributed by atoms with van der Waals surface area (Å²) < 4.78 is 0. The van der Waals surface area contributed by atoms with E-state index in [0.717, 1.165) is 0 Å². The van der Waals surface area contributed by atoms with Crippen molar-refractivity contribution in [1.82, 2.24) is 0 Å². The highest BCUT2D eigenvalue weighted by Gasteiger charge is 2.32.